The second-order valence-electron chi connectivity index (χ2n) is 3.53. The smallest absolute Gasteiger partial charge is 0.251 e. The van der Waals surface area contributed by atoms with E-state index in [-0.39, 0.29) is 11.9 Å². The van der Waals surface area contributed by atoms with Gasteiger partial charge in [0.15, 0.2) is 0 Å². The summed E-state index contributed by atoms with van der Waals surface area (Å²) in [6.45, 7) is 3.98. The Balaban J connectivity index is 2.61. The number of hydrogen-bond acceptors (Lipinski definition) is 2. The van der Waals surface area contributed by atoms with Gasteiger partial charge >= 0.3 is 0 Å². The first-order valence-corrected chi connectivity index (χ1v) is 5.06. The Hall–Kier alpha value is -1.45. The second kappa shape index (κ2) is 5.44. The average molecular weight is 210 g/mol. The summed E-state index contributed by atoms with van der Waals surface area (Å²) >= 11 is 0. The minimum Gasteiger partial charge on any atom is -0.350 e. The summed E-state index contributed by atoms with van der Waals surface area (Å²) in [5.74, 6) is -0.886. The SMILES string of the molecule is CCCC(C)NC(=O)c1ccnc(F)c1. The van der Waals surface area contributed by atoms with Crippen molar-refractivity contribution in [1.82, 2.24) is 10.3 Å². The van der Waals surface area contributed by atoms with Gasteiger partial charge in [0.25, 0.3) is 5.91 Å². The lowest BCUT2D eigenvalue weighted by Crippen LogP contribution is -2.32. The molecule has 1 N–H and O–H groups in total. The van der Waals surface area contributed by atoms with Crippen LogP contribution >= 0.6 is 0 Å². The standard InChI is InChI=1S/C11H15FN2O/c1-3-4-8(2)14-11(15)9-5-6-13-10(12)7-9/h5-8H,3-4H2,1-2H3,(H,14,15). The Kier molecular flexibility index (Phi) is 4.21. The lowest BCUT2D eigenvalue weighted by molar-refractivity contribution is 0.0937. The van der Waals surface area contributed by atoms with Crippen molar-refractivity contribution in [3.8, 4) is 0 Å². The fourth-order valence-corrected chi connectivity index (χ4v) is 1.36. The Morgan fingerprint density at radius 3 is 3.00 bits per heavy atom. The van der Waals surface area contributed by atoms with E-state index in [0.717, 1.165) is 18.9 Å². The molecule has 0 fully saturated rings. The monoisotopic (exact) mass is 210 g/mol. The number of carbonyl (C=O) groups is 1. The molecule has 3 nitrogen and oxygen atoms in total. The Morgan fingerprint density at radius 2 is 2.40 bits per heavy atom. The molecule has 1 aromatic rings. The third kappa shape index (κ3) is 3.65. The number of halogens is 1. The van der Waals surface area contributed by atoms with Crippen LogP contribution in [0.2, 0.25) is 0 Å². The number of carbonyl (C=O) groups excluding carboxylic acids is 1. The van der Waals surface area contributed by atoms with E-state index in [1.54, 1.807) is 0 Å². The molecule has 0 spiro atoms. The molecular formula is C11H15FN2O. The van der Waals surface area contributed by atoms with Gasteiger partial charge in [-0.15, -0.1) is 0 Å². The largest absolute Gasteiger partial charge is 0.350 e. The molecular weight excluding hydrogens is 195 g/mol. The van der Waals surface area contributed by atoms with Gasteiger partial charge in [0.05, 0.1) is 0 Å². The highest BCUT2D eigenvalue weighted by molar-refractivity contribution is 5.94. The van der Waals surface area contributed by atoms with Gasteiger partial charge in [0.1, 0.15) is 0 Å². The highest BCUT2D eigenvalue weighted by atomic mass is 19.1. The zero-order chi connectivity index (χ0) is 11.3. The first kappa shape index (κ1) is 11.6. The summed E-state index contributed by atoms with van der Waals surface area (Å²) in [4.78, 5) is 15.0. The Morgan fingerprint density at radius 1 is 1.67 bits per heavy atom. The van der Waals surface area contributed by atoms with Crippen molar-refractivity contribution in [1.29, 1.82) is 0 Å². The van der Waals surface area contributed by atoms with Gasteiger partial charge in [0, 0.05) is 23.9 Å². The number of nitrogens with one attached hydrogen (secondary N) is 1. The maximum atomic E-state index is 12.7. The van der Waals surface area contributed by atoms with Gasteiger partial charge < -0.3 is 5.32 Å². The van der Waals surface area contributed by atoms with Crippen molar-refractivity contribution in [3.63, 3.8) is 0 Å². The Labute approximate surface area is 88.7 Å². The summed E-state index contributed by atoms with van der Waals surface area (Å²) in [7, 11) is 0. The molecule has 0 saturated heterocycles. The van der Waals surface area contributed by atoms with Gasteiger partial charge in [0.2, 0.25) is 5.95 Å². The maximum absolute atomic E-state index is 12.7. The first-order valence-electron chi connectivity index (χ1n) is 5.06. The molecule has 0 saturated carbocycles. The number of nitrogens with zero attached hydrogens (tertiary/aromatic N) is 1. The lowest BCUT2D eigenvalue weighted by atomic mass is 10.2. The molecule has 1 unspecified atom stereocenters. The minimum absolute atomic E-state index is 0.110. The molecule has 1 heterocycles. The summed E-state index contributed by atoms with van der Waals surface area (Å²) < 4.78 is 12.7. The van der Waals surface area contributed by atoms with Crippen molar-refractivity contribution in [2.24, 2.45) is 0 Å². The van der Waals surface area contributed by atoms with Crippen LogP contribution in [-0.2, 0) is 0 Å². The van der Waals surface area contributed by atoms with Crippen molar-refractivity contribution in [2.75, 3.05) is 0 Å². The predicted octanol–water partition coefficient (Wildman–Crippen LogP) is 2.14. The molecule has 15 heavy (non-hydrogen) atoms. The lowest BCUT2D eigenvalue weighted by Gasteiger charge is -2.12. The van der Waals surface area contributed by atoms with E-state index in [2.05, 4.69) is 17.2 Å². The summed E-state index contributed by atoms with van der Waals surface area (Å²) in [6.07, 6.45) is 3.21. The number of aromatic nitrogens is 1. The fraction of sp³-hybridized carbons (Fsp3) is 0.455. The third-order valence-electron chi connectivity index (χ3n) is 2.09. The second-order valence-corrected chi connectivity index (χ2v) is 3.53. The molecule has 0 aromatic carbocycles. The molecule has 4 heteroatoms. The van der Waals surface area contributed by atoms with Crippen LogP contribution in [0.3, 0.4) is 0 Å². The van der Waals surface area contributed by atoms with Gasteiger partial charge in [-0.25, -0.2) is 4.98 Å². The average Bonchev–Trinajstić information content (AvgIpc) is 2.18. The molecule has 0 aliphatic heterocycles. The molecule has 0 radical (unpaired) electrons. The van der Waals surface area contributed by atoms with E-state index >= 15 is 0 Å². The normalized spacial score (nSPS) is 12.2. The van der Waals surface area contributed by atoms with Crippen LogP contribution in [0.1, 0.15) is 37.0 Å². The van der Waals surface area contributed by atoms with Crippen molar-refractivity contribution in [2.45, 2.75) is 32.7 Å². The number of hydrogen-bond donors (Lipinski definition) is 1. The molecule has 0 aliphatic rings. The number of rotatable bonds is 4. The van der Waals surface area contributed by atoms with Crippen LogP contribution in [0.25, 0.3) is 0 Å². The van der Waals surface area contributed by atoms with E-state index in [1.807, 2.05) is 6.92 Å². The highest BCUT2D eigenvalue weighted by Gasteiger charge is 2.09. The minimum atomic E-state index is -0.634. The van der Waals surface area contributed by atoms with Crippen LogP contribution < -0.4 is 5.32 Å². The van der Waals surface area contributed by atoms with Crippen LogP contribution in [0, 0.1) is 5.95 Å². The third-order valence-corrected chi connectivity index (χ3v) is 2.09. The number of amides is 1. The van der Waals surface area contributed by atoms with Gasteiger partial charge in [-0.2, -0.15) is 4.39 Å². The molecule has 0 aliphatic carbocycles. The van der Waals surface area contributed by atoms with Gasteiger partial charge in [-0.05, 0) is 19.4 Å². The van der Waals surface area contributed by atoms with Crippen LogP contribution in [0.5, 0.6) is 0 Å². The molecule has 1 atom stereocenters. The van der Waals surface area contributed by atoms with Crippen molar-refractivity contribution in [3.05, 3.63) is 29.8 Å². The zero-order valence-corrected chi connectivity index (χ0v) is 8.96. The van der Waals surface area contributed by atoms with E-state index in [1.165, 1.54) is 12.3 Å². The summed E-state index contributed by atoms with van der Waals surface area (Å²) in [6, 6.07) is 2.74. The van der Waals surface area contributed by atoms with Crippen LogP contribution in [-0.4, -0.2) is 16.9 Å². The van der Waals surface area contributed by atoms with Gasteiger partial charge in [-0.3, -0.25) is 4.79 Å². The summed E-state index contributed by atoms with van der Waals surface area (Å²) in [5.41, 5.74) is 0.311. The zero-order valence-electron chi connectivity index (χ0n) is 8.96. The van der Waals surface area contributed by atoms with E-state index in [4.69, 9.17) is 0 Å². The fourth-order valence-electron chi connectivity index (χ4n) is 1.36. The summed E-state index contributed by atoms with van der Waals surface area (Å²) in [5, 5.41) is 2.79. The van der Waals surface area contributed by atoms with E-state index in [9.17, 15) is 9.18 Å². The van der Waals surface area contributed by atoms with Gasteiger partial charge in [-0.1, -0.05) is 13.3 Å². The van der Waals surface area contributed by atoms with Crippen LogP contribution in [0.15, 0.2) is 18.3 Å². The maximum Gasteiger partial charge on any atom is 0.251 e. The van der Waals surface area contributed by atoms with E-state index in [0.29, 0.717) is 5.56 Å². The van der Waals surface area contributed by atoms with Crippen LogP contribution in [0.4, 0.5) is 4.39 Å². The molecule has 1 aromatic heterocycles. The predicted molar refractivity (Wildman–Crippen MR) is 56.0 cm³/mol. The van der Waals surface area contributed by atoms with Crippen molar-refractivity contribution < 1.29 is 9.18 Å². The number of pyridine rings is 1. The first-order chi connectivity index (χ1) is 7.13. The van der Waals surface area contributed by atoms with E-state index < -0.39 is 5.95 Å². The molecule has 82 valence electrons. The highest BCUT2D eigenvalue weighted by Crippen LogP contribution is 2.02. The molecule has 1 rings (SSSR count). The topological polar surface area (TPSA) is 42.0 Å². The molecule has 0 bridgehead atoms. The Bertz CT molecular complexity index is 341. The molecule has 1 amide bonds. The quantitative estimate of drug-likeness (QED) is 0.773. The van der Waals surface area contributed by atoms with Crippen molar-refractivity contribution >= 4 is 5.91 Å².